The molecule has 0 aliphatic heterocycles. The molecule has 0 spiro atoms. The molecule has 4 aromatic carbocycles. The first kappa shape index (κ1) is 28.0. The van der Waals surface area contributed by atoms with Crippen molar-refractivity contribution in [2.24, 2.45) is 5.92 Å². The number of alkyl halides is 3. The topological polar surface area (TPSA) is 26.2 Å². The van der Waals surface area contributed by atoms with E-state index in [0.717, 1.165) is 42.6 Å². The predicted octanol–water partition coefficient (Wildman–Crippen LogP) is 8.64. The molecule has 7 heteroatoms. The zero-order chi connectivity index (χ0) is 29.1. The first-order valence-corrected chi connectivity index (χ1v) is 14.3. The number of rotatable bonds is 11. The summed E-state index contributed by atoms with van der Waals surface area (Å²) in [5, 5.41) is 3.70. The van der Waals surface area contributed by atoms with E-state index in [9.17, 15) is 13.2 Å². The second-order valence-corrected chi connectivity index (χ2v) is 11.0. The number of halogens is 4. The predicted molar refractivity (Wildman–Crippen MR) is 158 cm³/mol. The fourth-order valence-corrected chi connectivity index (χ4v) is 5.34. The molecular formula is C35H32F4N2O. The summed E-state index contributed by atoms with van der Waals surface area (Å²) in [6.07, 6.45) is -1.12. The Kier molecular flexibility index (Phi) is 8.02. The number of ether oxygens (including phenoxy) is 1. The molecule has 0 amide bonds. The quantitative estimate of drug-likeness (QED) is 0.127. The van der Waals surface area contributed by atoms with Gasteiger partial charge in [-0.25, -0.2) is 4.39 Å². The normalized spacial score (nSPS) is 13.5. The number of fused-ring (bicyclic) bond motifs is 1. The van der Waals surface area contributed by atoms with Gasteiger partial charge in [-0.1, -0.05) is 72.8 Å². The fourth-order valence-electron chi connectivity index (χ4n) is 5.34. The van der Waals surface area contributed by atoms with Crippen molar-refractivity contribution in [1.29, 1.82) is 0 Å². The first-order chi connectivity index (χ1) is 20.4. The van der Waals surface area contributed by atoms with Crippen molar-refractivity contribution in [1.82, 2.24) is 9.88 Å². The molecule has 42 heavy (non-hydrogen) atoms. The minimum Gasteiger partial charge on any atom is -0.489 e. The average Bonchev–Trinajstić information content (AvgIpc) is 3.79. The zero-order valence-electron chi connectivity index (χ0n) is 23.1. The van der Waals surface area contributed by atoms with Gasteiger partial charge in [-0.3, -0.25) is 0 Å². The molecule has 6 rings (SSSR count). The molecule has 1 aliphatic carbocycles. The van der Waals surface area contributed by atoms with Crippen LogP contribution in [0.15, 0.2) is 97.1 Å². The molecular weight excluding hydrogens is 540 g/mol. The van der Waals surface area contributed by atoms with Crippen molar-refractivity contribution in [3.05, 3.63) is 125 Å². The molecule has 0 unspecified atom stereocenters. The van der Waals surface area contributed by atoms with Crippen LogP contribution < -0.4 is 10.1 Å². The molecule has 3 nitrogen and oxygen atoms in total. The maximum absolute atomic E-state index is 16.2. The molecule has 1 saturated carbocycles. The maximum Gasteiger partial charge on any atom is 0.417 e. The molecule has 1 fully saturated rings. The summed E-state index contributed by atoms with van der Waals surface area (Å²) in [5.74, 6) is 0.565. The summed E-state index contributed by atoms with van der Waals surface area (Å²) in [6.45, 7) is 2.47. The van der Waals surface area contributed by atoms with Gasteiger partial charge in [0.1, 0.15) is 12.4 Å². The van der Waals surface area contributed by atoms with Crippen LogP contribution in [0.1, 0.15) is 35.1 Å². The van der Waals surface area contributed by atoms with Crippen LogP contribution in [0.4, 0.5) is 17.6 Å². The molecule has 0 atom stereocenters. The van der Waals surface area contributed by atoms with Gasteiger partial charge in [0, 0.05) is 17.5 Å². The van der Waals surface area contributed by atoms with Crippen LogP contribution in [0.3, 0.4) is 0 Å². The summed E-state index contributed by atoms with van der Waals surface area (Å²) in [7, 11) is 0. The Morgan fingerprint density at radius 3 is 2.26 bits per heavy atom. The third-order valence-electron chi connectivity index (χ3n) is 7.79. The molecule has 1 heterocycles. The molecule has 1 aliphatic rings. The van der Waals surface area contributed by atoms with Gasteiger partial charge in [-0.05, 0) is 79.2 Å². The standard InChI is InChI=1S/C35H32F4N2O/c36-33-30-20-28(42-23-27-6-2-1-3-7-27)16-17-32(30)41(34(33)29-8-4-5-9-31(29)35(37,38)39)22-26-14-10-24(11-15-26)18-19-40-21-25-12-13-25/h1-11,14-17,20,25,40H,12-13,18-19,21-23H2. The van der Waals surface area contributed by atoms with Gasteiger partial charge in [0.05, 0.1) is 16.8 Å². The highest BCUT2D eigenvalue weighted by Crippen LogP contribution is 2.41. The highest BCUT2D eigenvalue weighted by molar-refractivity contribution is 5.90. The number of nitrogens with zero attached hydrogens (tertiary/aromatic N) is 1. The van der Waals surface area contributed by atoms with E-state index >= 15 is 4.39 Å². The van der Waals surface area contributed by atoms with Gasteiger partial charge < -0.3 is 14.6 Å². The van der Waals surface area contributed by atoms with E-state index in [2.05, 4.69) is 5.32 Å². The molecule has 1 aromatic heterocycles. The van der Waals surface area contributed by atoms with Crippen molar-refractivity contribution in [2.45, 2.75) is 38.6 Å². The Labute approximate surface area is 242 Å². The second kappa shape index (κ2) is 12.0. The third-order valence-corrected chi connectivity index (χ3v) is 7.79. The van der Waals surface area contributed by atoms with Crippen molar-refractivity contribution >= 4 is 10.9 Å². The zero-order valence-corrected chi connectivity index (χ0v) is 23.1. The Bertz CT molecular complexity index is 1660. The third kappa shape index (κ3) is 6.36. The lowest BCUT2D eigenvalue weighted by molar-refractivity contribution is -0.137. The number of aromatic nitrogens is 1. The summed E-state index contributed by atoms with van der Waals surface area (Å²) in [5.41, 5.74) is 2.35. The van der Waals surface area contributed by atoms with Crippen LogP contribution >= 0.6 is 0 Å². The van der Waals surface area contributed by atoms with Crippen LogP contribution in [0.25, 0.3) is 22.2 Å². The Morgan fingerprint density at radius 1 is 0.810 bits per heavy atom. The minimum atomic E-state index is -4.64. The van der Waals surface area contributed by atoms with Crippen LogP contribution in [-0.2, 0) is 25.7 Å². The van der Waals surface area contributed by atoms with Gasteiger partial charge in [-0.2, -0.15) is 13.2 Å². The monoisotopic (exact) mass is 572 g/mol. The lowest BCUT2D eigenvalue weighted by atomic mass is 10.0. The van der Waals surface area contributed by atoms with Crippen molar-refractivity contribution in [2.75, 3.05) is 13.1 Å². The number of nitrogens with one attached hydrogen (secondary N) is 1. The molecule has 216 valence electrons. The van der Waals surface area contributed by atoms with E-state index in [1.165, 1.54) is 36.6 Å². The van der Waals surface area contributed by atoms with Gasteiger partial charge in [0.25, 0.3) is 0 Å². The Morgan fingerprint density at radius 2 is 1.52 bits per heavy atom. The van der Waals surface area contributed by atoms with Crippen molar-refractivity contribution < 1.29 is 22.3 Å². The Hall–Kier alpha value is -4.10. The number of hydrogen-bond acceptors (Lipinski definition) is 2. The van der Waals surface area contributed by atoms with E-state index in [0.29, 0.717) is 17.9 Å². The van der Waals surface area contributed by atoms with Gasteiger partial charge in [-0.15, -0.1) is 0 Å². The van der Waals surface area contributed by atoms with Gasteiger partial charge in [0.2, 0.25) is 0 Å². The lowest BCUT2D eigenvalue weighted by Crippen LogP contribution is -2.19. The van der Waals surface area contributed by atoms with Crippen LogP contribution in [0, 0.1) is 11.7 Å². The van der Waals surface area contributed by atoms with Crippen molar-refractivity contribution in [3.63, 3.8) is 0 Å². The molecule has 0 radical (unpaired) electrons. The van der Waals surface area contributed by atoms with E-state index < -0.39 is 17.6 Å². The fraction of sp³-hybridized carbons (Fsp3) is 0.257. The van der Waals surface area contributed by atoms with Crippen molar-refractivity contribution in [3.8, 4) is 17.0 Å². The van der Waals surface area contributed by atoms with E-state index in [-0.39, 0.29) is 23.2 Å². The first-order valence-electron chi connectivity index (χ1n) is 14.3. The molecule has 0 saturated heterocycles. The number of hydrogen-bond donors (Lipinski definition) is 1. The van der Waals surface area contributed by atoms with E-state index in [4.69, 9.17) is 4.74 Å². The van der Waals surface area contributed by atoms with E-state index in [1.807, 2.05) is 54.6 Å². The highest BCUT2D eigenvalue weighted by atomic mass is 19.4. The SMILES string of the molecule is Fc1c(-c2ccccc2C(F)(F)F)n(Cc2ccc(CCNCC3CC3)cc2)c2ccc(OCc3ccccc3)cc12. The number of benzene rings is 4. The molecule has 0 bridgehead atoms. The lowest BCUT2D eigenvalue weighted by Gasteiger charge is -2.16. The molecule has 1 N–H and O–H groups in total. The maximum atomic E-state index is 16.2. The summed E-state index contributed by atoms with van der Waals surface area (Å²) in [4.78, 5) is 0. The van der Waals surface area contributed by atoms with Crippen LogP contribution in [-0.4, -0.2) is 17.7 Å². The van der Waals surface area contributed by atoms with Gasteiger partial charge >= 0.3 is 6.18 Å². The van der Waals surface area contributed by atoms with Crippen LogP contribution in [0.5, 0.6) is 5.75 Å². The highest BCUT2D eigenvalue weighted by Gasteiger charge is 2.35. The van der Waals surface area contributed by atoms with Crippen LogP contribution in [0.2, 0.25) is 0 Å². The summed E-state index contributed by atoms with van der Waals surface area (Å²) >= 11 is 0. The second-order valence-electron chi connectivity index (χ2n) is 11.0. The summed E-state index contributed by atoms with van der Waals surface area (Å²) < 4.78 is 66.0. The smallest absolute Gasteiger partial charge is 0.417 e. The van der Waals surface area contributed by atoms with E-state index in [1.54, 1.807) is 22.8 Å². The Balaban J connectivity index is 1.33. The van der Waals surface area contributed by atoms with Gasteiger partial charge in [0.15, 0.2) is 5.82 Å². The minimum absolute atomic E-state index is 0.0912. The average molecular weight is 573 g/mol. The molecule has 5 aromatic rings. The largest absolute Gasteiger partial charge is 0.489 e. The summed E-state index contributed by atoms with van der Waals surface area (Å²) in [6, 6.07) is 27.8.